The first-order valence-electron chi connectivity index (χ1n) is 14.4. The van der Waals surface area contributed by atoms with Crippen LogP contribution in [0.1, 0.15) is 31.2 Å². The molecule has 1 spiro atoms. The van der Waals surface area contributed by atoms with E-state index >= 15 is 0 Å². The van der Waals surface area contributed by atoms with Crippen molar-refractivity contribution in [3.63, 3.8) is 0 Å². The van der Waals surface area contributed by atoms with E-state index in [0.717, 1.165) is 16.8 Å². The number of furan rings is 1. The summed E-state index contributed by atoms with van der Waals surface area (Å²) in [5.41, 5.74) is 2.39. The van der Waals surface area contributed by atoms with Gasteiger partial charge in [-0.25, -0.2) is 28.5 Å². The van der Waals surface area contributed by atoms with Crippen LogP contribution >= 0.6 is 0 Å². The van der Waals surface area contributed by atoms with Gasteiger partial charge in [-0.15, -0.1) is 0 Å². The Kier molecular flexibility index (Phi) is 7.42. The largest absolute Gasteiger partial charge is 0.480 e. The minimum Gasteiger partial charge on any atom is -0.480 e. The maximum atomic E-state index is 13.8. The predicted molar refractivity (Wildman–Crippen MR) is 152 cm³/mol. The lowest BCUT2D eigenvalue weighted by Gasteiger charge is -2.53. The zero-order valence-corrected chi connectivity index (χ0v) is 23.9. The van der Waals surface area contributed by atoms with Gasteiger partial charge >= 0.3 is 5.97 Å². The highest BCUT2D eigenvalue weighted by Gasteiger charge is 2.50. The van der Waals surface area contributed by atoms with Gasteiger partial charge in [-0.3, -0.25) is 0 Å². The topological polar surface area (TPSA) is 133 Å². The summed E-state index contributed by atoms with van der Waals surface area (Å²) in [5.74, 6) is -1.19. The molecular formula is C30H31F2N5O7. The molecule has 3 aromatic rings. The summed E-state index contributed by atoms with van der Waals surface area (Å²) in [6.45, 7) is 5.25. The van der Waals surface area contributed by atoms with Crippen molar-refractivity contribution in [1.29, 1.82) is 0 Å². The molecule has 4 aliphatic rings. The van der Waals surface area contributed by atoms with Crippen molar-refractivity contribution in [1.82, 2.24) is 15.0 Å². The van der Waals surface area contributed by atoms with Gasteiger partial charge in [0.15, 0.2) is 11.6 Å². The summed E-state index contributed by atoms with van der Waals surface area (Å²) in [7, 11) is 0. The minimum atomic E-state index is -2.97. The van der Waals surface area contributed by atoms with E-state index in [4.69, 9.17) is 28.3 Å². The fourth-order valence-electron chi connectivity index (χ4n) is 6.18. The van der Waals surface area contributed by atoms with E-state index in [1.54, 1.807) is 18.3 Å². The molecule has 44 heavy (non-hydrogen) atoms. The third-order valence-corrected chi connectivity index (χ3v) is 8.68. The Morgan fingerprint density at radius 3 is 2.75 bits per heavy atom. The number of hydrogen-bond donors (Lipinski definition) is 1. The molecule has 14 heteroatoms. The zero-order chi connectivity index (χ0) is 30.4. The fourth-order valence-corrected chi connectivity index (χ4v) is 6.18. The molecule has 0 bridgehead atoms. The number of carboxylic acids is 1. The van der Waals surface area contributed by atoms with Crippen molar-refractivity contribution in [2.24, 2.45) is 0 Å². The van der Waals surface area contributed by atoms with Crippen LogP contribution in [0.5, 0.6) is 5.88 Å². The van der Waals surface area contributed by atoms with E-state index in [1.807, 2.05) is 12.1 Å². The van der Waals surface area contributed by atoms with Gasteiger partial charge in [-0.1, -0.05) is 6.08 Å². The third kappa shape index (κ3) is 5.16. The number of anilines is 2. The Labute approximate surface area is 251 Å². The average Bonchev–Trinajstić information content (AvgIpc) is 3.79. The molecule has 12 nitrogen and oxygen atoms in total. The SMILES string of the molecule is C[C@@H]1N(c2cc(C3=CCOC3)cnc2O[C@H]2C[C@@H](C(=O)O)N(c3cc(-c4ccco4)nc(C(F)F)n3)C2)CCOC12COC2. The highest BCUT2D eigenvalue weighted by Crippen LogP contribution is 2.40. The van der Waals surface area contributed by atoms with Crippen LogP contribution in [-0.2, 0) is 19.0 Å². The second kappa shape index (κ2) is 11.4. The molecule has 3 aromatic heterocycles. The molecule has 232 valence electrons. The number of halogens is 2. The molecular weight excluding hydrogens is 580 g/mol. The molecule has 3 saturated heterocycles. The van der Waals surface area contributed by atoms with Gasteiger partial charge in [0.25, 0.3) is 6.43 Å². The van der Waals surface area contributed by atoms with Crippen molar-refractivity contribution in [2.45, 2.75) is 43.6 Å². The van der Waals surface area contributed by atoms with Crippen LogP contribution in [0.4, 0.5) is 20.3 Å². The predicted octanol–water partition coefficient (Wildman–Crippen LogP) is 3.59. The van der Waals surface area contributed by atoms with Gasteiger partial charge < -0.3 is 38.3 Å². The molecule has 3 fully saturated rings. The number of aromatic nitrogens is 3. The first-order chi connectivity index (χ1) is 21.3. The molecule has 0 aromatic carbocycles. The lowest BCUT2D eigenvalue weighted by Crippen LogP contribution is -2.68. The van der Waals surface area contributed by atoms with Crippen molar-refractivity contribution in [3.05, 3.63) is 54.2 Å². The maximum Gasteiger partial charge on any atom is 0.326 e. The first-order valence-corrected chi connectivity index (χ1v) is 14.4. The quantitative estimate of drug-likeness (QED) is 0.399. The van der Waals surface area contributed by atoms with E-state index in [0.29, 0.717) is 45.5 Å². The fraction of sp³-hybridized carbons (Fsp3) is 0.467. The Morgan fingerprint density at radius 2 is 2.07 bits per heavy atom. The summed E-state index contributed by atoms with van der Waals surface area (Å²) >= 11 is 0. The van der Waals surface area contributed by atoms with E-state index in [-0.39, 0.29) is 36.3 Å². The number of hydrogen-bond acceptors (Lipinski definition) is 11. The molecule has 1 N–H and O–H groups in total. The molecule has 7 rings (SSSR count). The zero-order valence-electron chi connectivity index (χ0n) is 23.9. The van der Waals surface area contributed by atoms with E-state index in [2.05, 4.69) is 21.8 Å². The Bertz CT molecular complexity index is 1570. The minimum absolute atomic E-state index is 0.0427. The lowest BCUT2D eigenvalue weighted by molar-refractivity contribution is -0.228. The number of rotatable bonds is 8. The average molecular weight is 612 g/mol. The number of nitrogens with zero attached hydrogens (tertiary/aromatic N) is 5. The molecule has 7 heterocycles. The Morgan fingerprint density at radius 1 is 1.20 bits per heavy atom. The smallest absolute Gasteiger partial charge is 0.326 e. The standard InChI is InChI=1S/C30H31F2N5O7/c1-17-30(15-41-16-30)43-8-5-36(17)22-9-19(18-4-7-40-14-18)12-33-28(22)44-20-10-23(29(38)39)37(13-20)25-11-21(24-3-2-6-42-24)34-27(35-25)26(31)32/h2-4,6,9,11-12,17,20,23,26H,5,7-8,10,13-16H2,1H3,(H,38,39)/t17-,20-,23-/m0/s1. The van der Waals surface area contributed by atoms with E-state index < -0.39 is 36.0 Å². The molecule has 0 aliphatic carbocycles. The summed E-state index contributed by atoms with van der Waals surface area (Å²) < 4.78 is 56.6. The van der Waals surface area contributed by atoms with Crippen LogP contribution in [0.25, 0.3) is 17.0 Å². The van der Waals surface area contributed by atoms with Crippen molar-refractivity contribution in [3.8, 4) is 17.3 Å². The van der Waals surface area contributed by atoms with E-state index in [9.17, 15) is 18.7 Å². The summed E-state index contributed by atoms with van der Waals surface area (Å²) in [4.78, 5) is 28.7. The van der Waals surface area contributed by atoms with Crippen LogP contribution in [0, 0.1) is 0 Å². The number of ether oxygens (including phenoxy) is 4. The van der Waals surface area contributed by atoms with Crippen molar-refractivity contribution >= 4 is 23.0 Å². The van der Waals surface area contributed by atoms with Crippen molar-refractivity contribution < 1.29 is 42.0 Å². The molecule has 0 saturated carbocycles. The number of aliphatic carboxylic acids is 1. The third-order valence-electron chi connectivity index (χ3n) is 8.68. The number of pyridine rings is 1. The molecule has 3 atom stereocenters. The van der Waals surface area contributed by atoms with Crippen LogP contribution < -0.4 is 14.5 Å². The normalized spacial score (nSPS) is 24.5. The number of carboxylic acid groups (broad SMARTS) is 1. The van der Waals surface area contributed by atoms with Crippen LogP contribution in [0.2, 0.25) is 0 Å². The first kappa shape index (κ1) is 28.6. The van der Waals surface area contributed by atoms with Crippen molar-refractivity contribution in [2.75, 3.05) is 55.9 Å². The highest BCUT2D eigenvalue weighted by atomic mass is 19.3. The molecule has 0 unspecified atom stereocenters. The maximum absolute atomic E-state index is 13.8. The van der Waals surface area contributed by atoms with Crippen LogP contribution in [-0.4, -0.2) is 95.9 Å². The molecule has 0 amide bonds. The molecule has 4 aliphatic heterocycles. The summed E-state index contributed by atoms with van der Waals surface area (Å²) in [6, 6.07) is 5.55. The van der Waals surface area contributed by atoms with Gasteiger partial charge in [-0.05, 0) is 30.7 Å². The van der Waals surface area contributed by atoms with Crippen LogP contribution in [0.15, 0.2) is 47.2 Å². The summed E-state index contributed by atoms with van der Waals surface area (Å²) in [6.07, 6.45) is 1.63. The number of morpholine rings is 1. The lowest BCUT2D eigenvalue weighted by atomic mass is 9.90. The van der Waals surface area contributed by atoms with Gasteiger partial charge in [0.05, 0.1) is 51.9 Å². The van der Waals surface area contributed by atoms with Gasteiger partial charge in [-0.2, -0.15) is 0 Å². The highest BCUT2D eigenvalue weighted by molar-refractivity contribution is 5.79. The monoisotopic (exact) mass is 611 g/mol. The van der Waals surface area contributed by atoms with Crippen LogP contribution in [0.3, 0.4) is 0 Å². The second-order valence-electron chi connectivity index (χ2n) is 11.3. The van der Waals surface area contributed by atoms with Gasteiger partial charge in [0, 0.05) is 30.8 Å². The van der Waals surface area contributed by atoms with Gasteiger partial charge in [0.1, 0.15) is 34.9 Å². The number of alkyl halides is 2. The number of carbonyl (C=O) groups is 1. The van der Waals surface area contributed by atoms with Gasteiger partial charge in [0.2, 0.25) is 5.88 Å². The summed E-state index contributed by atoms with van der Waals surface area (Å²) in [5, 5.41) is 10.1. The van der Waals surface area contributed by atoms with E-state index in [1.165, 1.54) is 17.2 Å². The Hall–Kier alpha value is -4.14. The Balaban J connectivity index is 1.21. The molecule has 0 radical (unpaired) electrons. The second-order valence-corrected chi connectivity index (χ2v) is 11.3.